The number of methoxy groups -OCH3 is 1. The lowest BCUT2D eigenvalue weighted by Crippen LogP contribution is -2.46. The van der Waals surface area contributed by atoms with Gasteiger partial charge in [-0.05, 0) is 30.5 Å². The third kappa shape index (κ3) is 8.38. The highest BCUT2D eigenvalue weighted by atomic mass is 127. The molecule has 1 aromatic carbocycles. The van der Waals surface area contributed by atoms with E-state index in [1.165, 1.54) is 5.56 Å². The fourth-order valence-corrected chi connectivity index (χ4v) is 2.93. The summed E-state index contributed by atoms with van der Waals surface area (Å²) < 4.78 is 11.0. The molecule has 1 amide bonds. The maximum atomic E-state index is 11.9. The van der Waals surface area contributed by atoms with Gasteiger partial charge in [0.25, 0.3) is 0 Å². The molecule has 29 heavy (non-hydrogen) atoms. The van der Waals surface area contributed by atoms with Crippen molar-refractivity contribution in [3.05, 3.63) is 29.8 Å². The van der Waals surface area contributed by atoms with E-state index in [0.717, 1.165) is 25.2 Å². The van der Waals surface area contributed by atoms with Gasteiger partial charge in [-0.1, -0.05) is 26.0 Å². The Balaban J connectivity index is 0.00000420. The molecule has 164 valence electrons. The number of hydrogen-bond donors (Lipinski definition) is 2. The van der Waals surface area contributed by atoms with Gasteiger partial charge >= 0.3 is 0 Å². The van der Waals surface area contributed by atoms with Crippen LogP contribution in [0.15, 0.2) is 29.3 Å². The second kappa shape index (κ2) is 12.2. The highest BCUT2D eigenvalue weighted by Gasteiger charge is 2.22. The Labute approximate surface area is 191 Å². The Morgan fingerprint density at radius 1 is 1.34 bits per heavy atom. The largest absolute Gasteiger partial charge is 0.497 e. The molecule has 8 heteroatoms. The number of halogens is 1. The van der Waals surface area contributed by atoms with Crippen molar-refractivity contribution in [3.63, 3.8) is 0 Å². The van der Waals surface area contributed by atoms with Crippen LogP contribution in [0, 0.1) is 0 Å². The van der Waals surface area contributed by atoms with Crippen LogP contribution in [0.3, 0.4) is 0 Å². The summed E-state index contributed by atoms with van der Waals surface area (Å²) in [6.07, 6.45) is 2.34. The van der Waals surface area contributed by atoms with Crippen LogP contribution in [-0.4, -0.2) is 70.3 Å². The van der Waals surface area contributed by atoms with E-state index in [4.69, 9.17) is 9.47 Å². The lowest BCUT2D eigenvalue weighted by molar-refractivity contribution is -0.127. The average Bonchev–Trinajstić information content (AvgIpc) is 3.20. The molecule has 1 fully saturated rings. The van der Waals surface area contributed by atoms with E-state index in [1.54, 1.807) is 26.1 Å². The third-order valence-electron chi connectivity index (χ3n) is 4.94. The number of nitrogens with one attached hydrogen (secondary N) is 2. The quantitative estimate of drug-likeness (QED) is 0.314. The number of likely N-dealkylation sites (N-methyl/N-ethyl adjacent to an activating group) is 1. The molecular weight excluding hydrogens is 483 g/mol. The van der Waals surface area contributed by atoms with Crippen LogP contribution in [0.5, 0.6) is 5.75 Å². The lowest BCUT2D eigenvalue weighted by atomic mass is 9.84. The summed E-state index contributed by atoms with van der Waals surface area (Å²) >= 11 is 0. The van der Waals surface area contributed by atoms with Crippen molar-refractivity contribution >= 4 is 35.8 Å². The minimum absolute atomic E-state index is 0. The molecule has 1 unspecified atom stereocenters. The van der Waals surface area contributed by atoms with Crippen LogP contribution >= 0.6 is 24.0 Å². The van der Waals surface area contributed by atoms with Crippen LogP contribution in [0.25, 0.3) is 0 Å². The Hall–Kier alpha value is -1.55. The maximum absolute atomic E-state index is 11.9. The first-order valence-electron chi connectivity index (χ1n) is 9.80. The molecule has 1 heterocycles. The van der Waals surface area contributed by atoms with E-state index >= 15 is 0 Å². The van der Waals surface area contributed by atoms with Gasteiger partial charge in [-0.3, -0.25) is 4.79 Å². The van der Waals surface area contributed by atoms with Crippen LogP contribution in [0.4, 0.5) is 0 Å². The number of carbonyl (C=O) groups is 1. The Morgan fingerprint density at radius 2 is 2.10 bits per heavy atom. The molecule has 1 saturated heterocycles. The van der Waals surface area contributed by atoms with Gasteiger partial charge in [0.1, 0.15) is 12.3 Å². The number of amides is 1. The number of nitrogens with zero attached hydrogens (tertiary/aromatic N) is 2. The van der Waals surface area contributed by atoms with Crippen molar-refractivity contribution in [1.29, 1.82) is 0 Å². The van der Waals surface area contributed by atoms with E-state index in [-0.39, 0.29) is 47.9 Å². The number of carbonyl (C=O) groups excluding carboxylic acids is 1. The van der Waals surface area contributed by atoms with Gasteiger partial charge in [-0.2, -0.15) is 0 Å². The van der Waals surface area contributed by atoms with E-state index < -0.39 is 0 Å². The van der Waals surface area contributed by atoms with Crippen LogP contribution in [-0.2, 0) is 14.9 Å². The van der Waals surface area contributed by atoms with Gasteiger partial charge in [-0.25, -0.2) is 4.99 Å². The number of benzene rings is 1. The normalized spacial score (nSPS) is 16.7. The molecule has 0 aromatic heterocycles. The van der Waals surface area contributed by atoms with Gasteiger partial charge in [-0.15, -0.1) is 24.0 Å². The lowest BCUT2D eigenvalue weighted by Gasteiger charge is -2.27. The topological polar surface area (TPSA) is 75.2 Å². The number of guanidine groups is 1. The molecule has 1 aromatic rings. The summed E-state index contributed by atoms with van der Waals surface area (Å²) in [4.78, 5) is 17.9. The molecule has 0 bridgehead atoms. The zero-order chi connectivity index (χ0) is 20.6. The second-order valence-electron chi connectivity index (χ2n) is 7.94. The smallest absolute Gasteiger partial charge is 0.243 e. The van der Waals surface area contributed by atoms with E-state index in [0.29, 0.717) is 19.0 Å². The Kier molecular flexibility index (Phi) is 10.7. The van der Waals surface area contributed by atoms with Crippen molar-refractivity contribution in [2.24, 2.45) is 4.99 Å². The first kappa shape index (κ1) is 25.5. The van der Waals surface area contributed by atoms with Crippen molar-refractivity contribution in [3.8, 4) is 5.75 Å². The summed E-state index contributed by atoms with van der Waals surface area (Å²) in [5.74, 6) is 1.43. The molecule has 1 atom stereocenters. The Morgan fingerprint density at radius 3 is 2.72 bits per heavy atom. The zero-order valence-corrected chi connectivity index (χ0v) is 20.5. The van der Waals surface area contributed by atoms with Gasteiger partial charge < -0.3 is 25.0 Å². The standard InChI is InChI=1S/C21H34N4O3.HI/c1-21(2,16-8-6-9-17(12-16)27-5)15-24-20(23-14-19(26)25(3)4)22-13-18-10-7-11-28-18;/h6,8-9,12,18H,7,10-11,13-15H2,1-5H3,(H2,22,23,24);1H. The fourth-order valence-electron chi connectivity index (χ4n) is 2.93. The zero-order valence-electron chi connectivity index (χ0n) is 18.2. The molecule has 0 aliphatic carbocycles. The summed E-state index contributed by atoms with van der Waals surface area (Å²) in [6.45, 7) is 6.59. The van der Waals surface area contributed by atoms with Gasteiger partial charge in [0.05, 0.1) is 13.2 Å². The second-order valence-corrected chi connectivity index (χ2v) is 7.94. The van der Waals surface area contributed by atoms with Crippen LogP contribution < -0.4 is 15.4 Å². The van der Waals surface area contributed by atoms with Gasteiger partial charge in [0.15, 0.2) is 5.96 Å². The first-order chi connectivity index (χ1) is 13.3. The number of ether oxygens (including phenoxy) is 2. The monoisotopic (exact) mass is 518 g/mol. The highest BCUT2D eigenvalue weighted by molar-refractivity contribution is 14.0. The molecule has 2 N–H and O–H groups in total. The average molecular weight is 518 g/mol. The predicted molar refractivity (Wildman–Crippen MR) is 127 cm³/mol. The minimum atomic E-state index is -0.146. The first-order valence-corrected chi connectivity index (χ1v) is 9.80. The predicted octanol–water partition coefficient (Wildman–Crippen LogP) is 2.39. The minimum Gasteiger partial charge on any atom is -0.497 e. The summed E-state index contributed by atoms with van der Waals surface area (Å²) in [5.41, 5.74) is 1.02. The van der Waals surface area contributed by atoms with Gasteiger partial charge in [0.2, 0.25) is 5.91 Å². The molecule has 0 spiro atoms. The van der Waals surface area contributed by atoms with Crippen molar-refractivity contribution in [1.82, 2.24) is 15.5 Å². The SMILES string of the molecule is COc1cccc(C(C)(C)CNC(=NCC(=O)N(C)C)NCC2CCCO2)c1.I. The van der Waals surface area contributed by atoms with Crippen molar-refractivity contribution in [2.45, 2.75) is 38.2 Å². The molecule has 0 radical (unpaired) electrons. The molecule has 2 rings (SSSR count). The third-order valence-corrected chi connectivity index (χ3v) is 4.94. The molecule has 7 nitrogen and oxygen atoms in total. The van der Waals surface area contributed by atoms with Crippen LogP contribution in [0.1, 0.15) is 32.3 Å². The number of aliphatic imine (C=N–C) groups is 1. The van der Waals surface area contributed by atoms with Crippen LogP contribution in [0.2, 0.25) is 0 Å². The maximum Gasteiger partial charge on any atom is 0.243 e. The van der Waals surface area contributed by atoms with E-state index in [2.05, 4.69) is 35.5 Å². The highest BCUT2D eigenvalue weighted by Crippen LogP contribution is 2.25. The van der Waals surface area contributed by atoms with Gasteiger partial charge in [0, 0.05) is 39.2 Å². The van der Waals surface area contributed by atoms with Crippen molar-refractivity contribution in [2.75, 3.05) is 47.4 Å². The summed E-state index contributed by atoms with van der Waals surface area (Å²) in [7, 11) is 5.14. The molecule has 0 saturated carbocycles. The molecule has 1 aliphatic rings. The van der Waals surface area contributed by atoms with Crippen molar-refractivity contribution < 1.29 is 14.3 Å². The van der Waals surface area contributed by atoms with E-state index in [1.807, 2.05) is 18.2 Å². The molecule has 1 aliphatic heterocycles. The van der Waals surface area contributed by atoms with E-state index in [9.17, 15) is 4.79 Å². The molecular formula is C21H35IN4O3. The fraction of sp³-hybridized carbons (Fsp3) is 0.619. The Bertz CT molecular complexity index is 674. The summed E-state index contributed by atoms with van der Waals surface area (Å²) in [5, 5.41) is 6.71. The summed E-state index contributed by atoms with van der Waals surface area (Å²) in [6, 6.07) is 8.08. The number of hydrogen-bond acceptors (Lipinski definition) is 4. The number of rotatable bonds is 8.